The quantitative estimate of drug-likeness (QED) is 0.810. The number of rotatable bonds is 5. The molecule has 3 nitrogen and oxygen atoms in total. The molecule has 96 valence electrons. The van der Waals surface area contributed by atoms with E-state index in [0.29, 0.717) is 5.92 Å². The predicted molar refractivity (Wildman–Crippen MR) is 71.0 cm³/mol. The molecule has 0 aromatic heterocycles. The minimum atomic E-state index is -0.427. The Morgan fingerprint density at radius 2 is 1.94 bits per heavy atom. The molecule has 16 heavy (non-hydrogen) atoms. The summed E-state index contributed by atoms with van der Waals surface area (Å²) in [4.78, 5) is 11.6. The van der Waals surface area contributed by atoms with Crippen LogP contribution in [0.5, 0.6) is 0 Å². The third kappa shape index (κ3) is 7.85. The molecule has 0 radical (unpaired) electrons. The van der Waals surface area contributed by atoms with Gasteiger partial charge in [0.05, 0.1) is 0 Å². The maximum absolute atomic E-state index is 11.6. The van der Waals surface area contributed by atoms with E-state index in [2.05, 4.69) is 26.1 Å². The summed E-state index contributed by atoms with van der Waals surface area (Å²) in [5.41, 5.74) is -0.427. The lowest BCUT2D eigenvalue weighted by Crippen LogP contribution is -2.43. The summed E-state index contributed by atoms with van der Waals surface area (Å²) in [6.07, 6.45) is -0.317. The van der Waals surface area contributed by atoms with Gasteiger partial charge in [0.2, 0.25) is 0 Å². The fourth-order valence-electron chi connectivity index (χ4n) is 1.10. The highest BCUT2D eigenvalue weighted by Crippen LogP contribution is 2.12. The van der Waals surface area contributed by atoms with Crippen molar-refractivity contribution < 1.29 is 9.53 Å². The molecule has 1 amide bonds. The molecule has 0 spiro atoms. The Morgan fingerprint density at radius 3 is 2.31 bits per heavy atom. The summed E-state index contributed by atoms with van der Waals surface area (Å²) in [6.45, 7) is 12.0. The van der Waals surface area contributed by atoms with Crippen LogP contribution in [0.4, 0.5) is 4.79 Å². The first-order valence-corrected chi connectivity index (χ1v) is 6.99. The average Bonchev–Trinajstić information content (AvgIpc) is 2.08. The van der Waals surface area contributed by atoms with Crippen molar-refractivity contribution in [3.8, 4) is 0 Å². The van der Waals surface area contributed by atoms with Crippen LogP contribution in [0.25, 0.3) is 0 Å². The van der Waals surface area contributed by atoms with Crippen LogP contribution in [0.3, 0.4) is 0 Å². The van der Waals surface area contributed by atoms with Gasteiger partial charge in [-0.15, -0.1) is 0 Å². The lowest BCUT2D eigenvalue weighted by molar-refractivity contribution is 0.0497. The monoisotopic (exact) mass is 247 g/mol. The van der Waals surface area contributed by atoms with Gasteiger partial charge in [-0.05, 0) is 32.4 Å². The summed E-state index contributed by atoms with van der Waals surface area (Å²) >= 11 is 1.83. The van der Waals surface area contributed by atoms with Crippen LogP contribution in [-0.2, 0) is 4.74 Å². The first kappa shape index (κ1) is 15.6. The molecule has 0 aromatic rings. The lowest BCUT2D eigenvalue weighted by atomic mass is 10.1. The van der Waals surface area contributed by atoms with Crippen LogP contribution >= 0.6 is 11.8 Å². The van der Waals surface area contributed by atoms with E-state index in [1.54, 1.807) is 0 Å². The van der Waals surface area contributed by atoms with Gasteiger partial charge in [-0.1, -0.05) is 20.8 Å². The highest BCUT2D eigenvalue weighted by molar-refractivity contribution is 7.99. The van der Waals surface area contributed by atoms with Gasteiger partial charge < -0.3 is 10.1 Å². The van der Waals surface area contributed by atoms with Crippen molar-refractivity contribution in [2.75, 3.05) is 11.5 Å². The molecule has 1 unspecified atom stereocenters. The fourth-order valence-corrected chi connectivity index (χ4v) is 2.06. The second-order valence-electron chi connectivity index (χ2n) is 5.16. The summed E-state index contributed by atoms with van der Waals surface area (Å²) in [5, 5.41) is 2.93. The predicted octanol–water partition coefficient (Wildman–Crippen LogP) is 3.29. The zero-order chi connectivity index (χ0) is 12.8. The van der Waals surface area contributed by atoms with Crippen molar-refractivity contribution in [3.63, 3.8) is 0 Å². The molecule has 0 rings (SSSR count). The van der Waals surface area contributed by atoms with Crippen molar-refractivity contribution in [2.24, 2.45) is 5.92 Å². The molecular weight excluding hydrogens is 222 g/mol. The summed E-state index contributed by atoms with van der Waals surface area (Å²) in [5.74, 6) is 2.43. The summed E-state index contributed by atoms with van der Waals surface area (Å²) in [7, 11) is 0. The van der Waals surface area contributed by atoms with Crippen LogP contribution in [0.15, 0.2) is 0 Å². The zero-order valence-corrected chi connectivity index (χ0v) is 12.1. The van der Waals surface area contributed by atoms with Crippen molar-refractivity contribution in [2.45, 2.75) is 53.2 Å². The van der Waals surface area contributed by atoms with Crippen LogP contribution in [-0.4, -0.2) is 29.2 Å². The van der Waals surface area contributed by atoms with E-state index in [9.17, 15) is 4.79 Å². The van der Waals surface area contributed by atoms with E-state index in [1.165, 1.54) is 0 Å². The Bertz CT molecular complexity index is 212. The number of thioether (sulfide) groups is 1. The number of alkyl carbamates (subject to hydrolysis) is 1. The Balaban J connectivity index is 4.13. The highest BCUT2D eigenvalue weighted by Gasteiger charge is 2.21. The van der Waals surface area contributed by atoms with Gasteiger partial charge >= 0.3 is 6.09 Å². The first-order chi connectivity index (χ1) is 7.26. The molecule has 0 aliphatic rings. The van der Waals surface area contributed by atoms with Crippen LogP contribution in [0, 0.1) is 5.92 Å². The molecule has 0 aliphatic carbocycles. The molecule has 0 heterocycles. The number of hydrogen-bond acceptors (Lipinski definition) is 3. The molecule has 0 aromatic carbocycles. The number of nitrogens with one attached hydrogen (secondary N) is 1. The number of carbonyl (C=O) groups excluding carboxylic acids is 1. The molecule has 0 bridgehead atoms. The Morgan fingerprint density at radius 1 is 1.38 bits per heavy atom. The standard InChI is InChI=1S/C12H25NO2S/c1-7-16-8-10(9(2)3)13-11(14)15-12(4,5)6/h9-10H,7-8H2,1-6H3,(H,13,14). The Kier molecular flexibility index (Phi) is 6.88. The molecule has 1 N–H and O–H groups in total. The van der Waals surface area contributed by atoms with Gasteiger partial charge in [0.15, 0.2) is 0 Å². The van der Waals surface area contributed by atoms with Crippen molar-refractivity contribution in [1.82, 2.24) is 5.32 Å². The summed E-state index contributed by atoms with van der Waals surface area (Å²) in [6, 6.07) is 0.180. The zero-order valence-electron chi connectivity index (χ0n) is 11.3. The molecule has 4 heteroatoms. The highest BCUT2D eigenvalue weighted by atomic mass is 32.2. The minimum Gasteiger partial charge on any atom is -0.444 e. The molecular formula is C12H25NO2S. The molecule has 0 fully saturated rings. The van der Waals surface area contributed by atoms with E-state index in [1.807, 2.05) is 32.5 Å². The van der Waals surface area contributed by atoms with E-state index in [0.717, 1.165) is 11.5 Å². The number of amides is 1. The molecule has 0 saturated carbocycles. The minimum absolute atomic E-state index is 0.180. The first-order valence-electron chi connectivity index (χ1n) is 5.83. The van der Waals surface area contributed by atoms with Crippen LogP contribution in [0.1, 0.15) is 41.5 Å². The lowest BCUT2D eigenvalue weighted by Gasteiger charge is -2.25. The van der Waals surface area contributed by atoms with E-state index >= 15 is 0 Å². The Hall–Kier alpha value is -0.380. The van der Waals surface area contributed by atoms with Crippen molar-refractivity contribution in [3.05, 3.63) is 0 Å². The van der Waals surface area contributed by atoms with E-state index in [-0.39, 0.29) is 12.1 Å². The van der Waals surface area contributed by atoms with Crippen molar-refractivity contribution >= 4 is 17.9 Å². The van der Waals surface area contributed by atoms with Crippen LogP contribution in [0.2, 0.25) is 0 Å². The van der Waals surface area contributed by atoms with Crippen LogP contribution < -0.4 is 5.32 Å². The van der Waals surface area contributed by atoms with Gasteiger partial charge in [0.25, 0.3) is 0 Å². The van der Waals surface area contributed by atoms with E-state index < -0.39 is 5.60 Å². The van der Waals surface area contributed by atoms with Gasteiger partial charge in [0.1, 0.15) is 5.60 Å². The molecule has 0 saturated heterocycles. The average molecular weight is 247 g/mol. The smallest absolute Gasteiger partial charge is 0.407 e. The maximum atomic E-state index is 11.6. The van der Waals surface area contributed by atoms with Gasteiger partial charge in [-0.3, -0.25) is 0 Å². The Labute approximate surface area is 104 Å². The van der Waals surface area contributed by atoms with Gasteiger partial charge in [-0.2, -0.15) is 11.8 Å². The fraction of sp³-hybridized carbons (Fsp3) is 0.917. The molecule has 0 aliphatic heterocycles. The SMILES string of the molecule is CCSCC(NC(=O)OC(C)(C)C)C(C)C. The number of hydrogen-bond donors (Lipinski definition) is 1. The third-order valence-corrected chi connectivity index (χ3v) is 3.01. The second kappa shape index (κ2) is 7.05. The largest absolute Gasteiger partial charge is 0.444 e. The number of carbonyl (C=O) groups is 1. The molecule has 1 atom stereocenters. The third-order valence-electron chi connectivity index (χ3n) is 2.01. The normalized spacial score (nSPS) is 13.7. The second-order valence-corrected chi connectivity index (χ2v) is 6.48. The van der Waals surface area contributed by atoms with E-state index in [4.69, 9.17) is 4.74 Å². The maximum Gasteiger partial charge on any atom is 0.407 e. The summed E-state index contributed by atoms with van der Waals surface area (Å²) < 4.78 is 5.24. The van der Waals surface area contributed by atoms with Crippen molar-refractivity contribution in [1.29, 1.82) is 0 Å². The van der Waals surface area contributed by atoms with Gasteiger partial charge in [0, 0.05) is 11.8 Å². The topological polar surface area (TPSA) is 38.3 Å². The van der Waals surface area contributed by atoms with Gasteiger partial charge in [-0.25, -0.2) is 4.79 Å². The number of ether oxygens (including phenoxy) is 1.